The Morgan fingerprint density at radius 1 is 1.23 bits per heavy atom. The molecule has 3 rings (SSSR count). The number of esters is 1. The van der Waals surface area contributed by atoms with Crippen molar-refractivity contribution in [2.45, 2.75) is 24.6 Å². The lowest BCUT2D eigenvalue weighted by Gasteiger charge is -2.21. The molecule has 2 atom stereocenters. The van der Waals surface area contributed by atoms with Gasteiger partial charge in [-0.25, -0.2) is 4.39 Å². The number of nitriles is 1. The van der Waals surface area contributed by atoms with Crippen molar-refractivity contribution >= 4 is 11.8 Å². The number of ketones is 1. The van der Waals surface area contributed by atoms with Crippen molar-refractivity contribution in [2.24, 2.45) is 0 Å². The van der Waals surface area contributed by atoms with Crippen molar-refractivity contribution in [3.63, 3.8) is 0 Å². The van der Waals surface area contributed by atoms with Crippen molar-refractivity contribution in [1.29, 1.82) is 5.26 Å². The van der Waals surface area contributed by atoms with E-state index in [1.165, 1.54) is 25.1 Å². The van der Waals surface area contributed by atoms with Gasteiger partial charge in [-0.05, 0) is 30.7 Å². The highest BCUT2D eigenvalue weighted by atomic mass is 35.5. The standard InChI is InChI=1S/C20H13ClF4NO4/c1-19(9-29-12-4-5-14(21)15(22)7-12)17(27)16(18(28)30-19)10-2-3-11(8-26)13(6-10)20(23,24)25/h2-7,16,21H,9H2,1H3/q+1. The summed E-state index contributed by atoms with van der Waals surface area (Å²) in [6.45, 7) is 0.770. The predicted molar refractivity (Wildman–Crippen MR) is 90.9 cm³/mol. The molecule has 0 radical (unpaired) electrons. The lowest BCUT2D eigenvalue weighted by Crippen LogP contribution is -2.40. The molecule has 0 N–H and O–H groups in total. The van der Waals surface area contributed by atoms with Crippen LogP contribution in [0, 0.1) is 28.7 Å². The summed E-state index contributed by atoms with van der Waals surface area (Å²) in [4.78, 5) is 25.1. The van der Waals surface area contributed by atoms with Gasteiger partial charge in [-0.15, -0.1) is 0 Å². The quantitative estimate of drug-likeness (QED) is 0.412. The first-order valence-corrected chi connectivity index (χ1v) is 8.85. The molecule has 1 heterocycles. The average molecular weight is 443 g/mol. The van der Waals surface area contributed by atoms with Crippen LogP contribution in [0.25, 0.3) is 0 Å². The molecule has 1 fully saturated rings. The summed E-state index contributed by atoms with van der Waals surface area (Å²) in [5, 5.41) is 8.85. The van der Waals surface area contributed by atoms with Gasteiger partial charge < -0.3 is 9.47 Å². The molecule has 0 aromatic heterocycles. The Balaban J connectivity index is 1.87. The Labute approximate surface area is 172 Å². The van der Waals surface area contributed by atoms with Crippen LogP contribution in [0.5, 0.6) is 5.75 Å². The third kappa shape index (κ3) is 3.96. The summed E-state index contributed by atoms with van der Waals surface area (Å²) in [5.74, 6) is -4.15. The molecule has 2 unspecified atom stereocenters. The summed E-state index contributed by atoms with van der Waals surface area (Å²) in [7, 11) is 0. The molecule has 0 spiro atoms. The van der Waals surface area contributed by atoms with Gasteiger partial charge in [-0.3, -0.25) is 9.59 Å². The van der Waals surface area contributed by atoms with Crippen LogP contribution in [0.15, 0.2) is 36.4 Å². The molecule has 0 saturated carbocycles. The Kier molecular flexibility index (Phi) is 5.48. The second-order valence-electron chi connectivity index (χ2n) is 6.74. The fraction of sp³-hybridized carbons (Fsp3) is 0.250. The number of Topliss-reactive ketones (excluding diaryl/α,β-unsaturated/α-hetero) is 1. The third-order valence-electron chi connectivity index (χ3n) is 4.57. The maximum Gasteiger partial charge on any atom is 0.417 e. The summed E-state index contributed by atoms with van der Waals surface area (Å²) < 4.78 is 63.6. The van der Waals surface area contributed by atoms with Crippen LogP contribution in [-0.2, 0) is 20.5 Å². The molecule has 2 aromatic rings. The van der Waals surface area contributed by atoms with Crippen molar-refractivity contribution in [2.75, 3.05) is 6.61 Å². The number of carbonyl (C=O) groups is 2. The first-order valence-electron chi connectivity index (χ1n) is 8.44. The number of alkyl halides is 3. The van der Waals surface area contributed by atoms with Crippen LogP contribution in [0.3, 0.4) is 0 Å². The second-order valence-corrected chi connectivity index (χ2v) is 7.18. The molecule has 0 amide bonds. The molecule has 1 aliphatic heterocycles. The number of nitrogens with zero attached hydrogens (tertiary/aromatic N) is 1. The van der Waals surface area contributed by atoms with Gasteiger partial charge in [-0.1, -0.05) is 6.07 Å². The minimum Gasteiger partial charge on any atom is -0.489 e. The summed E-state index contributed by atoms with van der Waals surface area (Å²) in [6.07, 6.45) is -4.85. The van der Waals surface area contributed by atoms with E-state index in [1.54, 1.807) is 0 Å². The third-order valence-corrected chi connectivity index (χ3v) is 4.90. The van der Waals surface area contributed by atoms with E-state index >= 15 is 0 Å². The largest absolute Gasteiger partial charge is 0.489 e. The lowest BCUT2D eigenvalue weighted by molar-refractivity contribution is -0.293. The van der Waals surface area contributed by atoms with E-state index in [2.05, 4.69) is 0 Å². The van der Waals surface area contributed by atoms with Gasteiger partial charge in [0.25, 0.3) is 5.02 Å². The van der Waals surface area contributed by atoms with Crippen LogP contribution >= 0.6 is 0 Å². The normalized spacial score (nSPS) is 21.3. The van der Waals surface area contributed by atoms with E-state index in [0.717, 1.165) is 18.2 Å². The van der Waals surface area contributed by atoms with E-state index in [-0.39, 0.29) is 16.3 Å². The van der Waals surface area contributed by atoms with E-state index in [4.69, 9.17) is 26.3 Å². The van der Waals surface area contributed by atoms with Crippen LogP contribution < -0.4 is 4.74 Å². The molecule has 2 aromatic carbocycles. The highest BCUT2D eigenvalue weighted by Crippen LogP contribution is 2.38. The van der Waals surface area contributed by atoms with Crippen LogP contribution in [0.1, 0.15) is 29.5 Å². The maximum absolute atomic E-state index is 13.5. The van der Waals surface area contributed by atoms with Gasteiger partial charge in [-0.2, -0.15) is 18.4 Å². The van der Waals surface area contributed by atoms with Crippen LogP contribution in [-0.4, -0.2) is 24.0 Å². The van der Waals surface area contributed by atoms with Crippen molar-refractivity contribution in [3.8, 4) is 11.8 Å². The maximum atomic E-state index is 13.5. The van der Waals surface area contributed by atoms with E-state index < -0.39 is 53.0 Å². The Hall–Kier alpha value is -3.12. The smallest absolute Gasteiger partial charge is 0.417 e. The molecule has 0 aliphatic carbocycles. The van der Waals surface area contributed by atoms with Crippen molar-refractivity contribution < 1.29 is 48.2 Å². The number of halogens is 5. The number of rotatable bonds is 4. The molecule has 0 bridgehead atoms. The fourth-order valence-corrected chi connectivity index (χ4v) is 3.12. The zero-order valence-electron chi connectivity index (χ0n) is 15.2. The molecule has 1 aliphatic rings. The molecular weight excluding hydrogens is 430 g/mol. The molecular formula is C20H13ClF4NO4+. The Morgan fingerprint density at radius 3 is 2.53 bits per heavy atom. The fourth-order valence-electron chi connectivity index (χ4n) is 3.00. The topological polar surface area (TPSA) is 76.4 Å². The highest BCUT2D eigenvalue weighted by molar-refractivity contribution is 6.13. The second kappa shape index (κ2) is 7.61. The number of cyclic esters (lactones) is 1. The first-order chi connectivity index (χ1) is 14.0. The zero-order valence-corrected chi connectivity index (χ0v) is 16.1. The van der Waals surface area contributed by atoms with Gasteiger partial charge in [0.2, 0.25) is 5.60 Å². The van der Waals surface area contributed by atoms with E-state index in [1.807, 2.05) is 0 Å². The number of hydrogen-bond donors (Lipinski definition) is 0. The number of carbonyl (C=O) groups excluding carboxylic acids is 2. The number of hydrogen-bond acceptors (Lipinski definition) is 5. The summed E-state index contributed by atoms with van der Waals surface area (Å²) >= 11 is 4.73. The van der Waals surface area contributed by atoms with Gasteiger partial charge >= 0.3 is 12.1 Å². The molecule has 156 valence electrons. The SMILES string of the molecule is CC1(COc2ccc([ClH+])c(F)c2)OC(=O)C(c2ccc(C#N)c(C(F)(F)F)c2)C1=O. The monoisotopic (exact) mass is 442 g/mol. The lowest BCUT2D eigenvalue weighted by atomic mass is 9.87. The first kappa shape index (κ1) is 21.6. The van der Waals surface area contributed by atoms with Crippen molar-refractivity contribution in [3.05, 3.63) is 63.9 Å². The van der Waals surface area contributed by atoms with Crippen molar-refractivity contribution in [1.82, 2.24) is 0 Å². The molecule has 1 saturated heterocycles. The minimum absolute atomic E-state index is 0.0294. The summed E-state index contributed by atoms with van der Waals surface area (Å²) in [6, 6.07) is 7.65. The number of benzene rings is 2. The molecule has 10 heteroatoms. The van der Waals surface area contributed by atoms with Gasteiger partial charge in [0.05, 0.1) is 17.2 Å². The molecule has 30 heavy (non-hydrogen) atoms. The summed E-state index contributed by atoms with van der Waals surface area (Å²) in [5.41, 5.74) is -3.94. The molecule has 5 nitrogen and oxygen atoms in total. The zero-order chi connectivity index (χ0) is 22.3. The van der Waals surface area contributed by atoms with Gasteiger partial charge in [0, 0.05) is 12.1 Å². The predicted octanol–water partition coefficient (Wildman–Crippen LogP) is 3.46. The Bertz CT molecular complexity index is 1080. The van der Waals surface area contributed by atoms with Crippen LogP contribution in [0.4, 0.5) is 17.6 Å². The van der Waals surface area contributed by atoms with E-state index in [0.29, 0.717) is 6.07 Å². The minimum atomic E-state index is -4.85. The number of ether oxygens (including phenoxy) is 2. The van der Waals surface area contributed by atoms with Gasteiger partial charge in [0.1, 0.15) is 18.3 Å². The van der Waals surface area contributed by atoms with Gasteiger partial charge in [0.15, 0.2) is 23.2 Å². The van der Waals surface area contributed by atoms with Crippen LogP contribution in [0.2, 0.25) is 5.02 Å². The van der Waals surface area contributed by atoms with E-state index in [9.17, 15) is 27.2 Å². The Morgan fingerprint density at radius 2 is 1.93 bits per heavy atom. The average Bonchev–Trinajstić information content (AvgIpc) is 2.90. The highest BCUT2D eigenvalue weighted by Gasteiger charge is 2.54.